The number of aryl methyl sites for hydroxylation is 1. The van der Waals surface area contributed by atoms with Gasteiger partial charge in [-0.1, -0.05) is 0 Å². The van der Waals surface area contributed by atoms with Crippen LogP contribution in [0.15, 0.2) is 12.1 Å². The molecular formula is C13H20ClFN2O. The fourth-order valence-electron chi connectivity index (χ4n) is 2.35. The number of aromatic hydroxyl groups is 1. The van der Waals surface area contributed by atoms with Crippen LogP contribution in [0.25, 0.3) is 0 Å². The zero-order chi connectivity index (χ0) is 12.4. The molecule has 0 spiro atoms. The highest BCUT2D eigenvalue weighted by Gasteiger charge is 2.21. The number of halogens is 2. The average Bonchev–Trinajstić information content (AvgIpc) is 2.34. The molecule has 0 bridgehead atoms. The van der Waals surface area contributed by atoms with Gasteiger partial charge in [0.25, 0.3) is 0 Å². The molecule has 1 aromatic carbocycles. The lowest BCUT2D eigenvalue weighted by molar-refractivity contribution is 0.182. The maximum absolute atomic E-state index is 13.4. The van der Waals surface area contributed by atoms with Crippen molar-refractivity contribution in [2.24, 2.45) is 0 Å². The summed E-state index contributed by atoms with van der Waals surface area (Å²) in [4.78, 5) is 2.25. The van der Waals surface area contributed by atoms with Crippen LogP contribution >= 0.6 is 12.4 Å². The molecule has 0 radical (unpaired) electrons. The average molecular weight is 275 g/mol. The van der Waals surface area contributed by atoms with Gasteiger partial charge in [-0.3, -0.25) is 4.90 Å². The fraction of sp³-hybridized carbons (Fsp3) is 0.538. The summed E-state index contributed by atoms with van der Waals surface area (Å²) in [6.45, 7) is 7.48. The van der Waals surface area contributed by atoms with Crippen LogP contribution < -0.4 is 5.32 Å². The molecule has 1 fully saturated rings. The number of phenolic OH excluding ortho intramolecular Hbond substituents is 1. The summed E-state index contributed by atoms with van der Waals surface area (Å²) in [6, 6.07) is 2.85. The second-order valence-electron chi connectivity index (χ2n) is 4.62. The number of rotatable bonds is 2. The van der Waals surface area contributed by atoms with Gasteiger partial charge >= 0.3 is 0 Å². The van der Waals surface area contributed by atoms with Crippen LogP contribution in [0, 0.1) is 12.7 Å². The molecule has 1 aliphatic rings. The van der Waals surface area contributed by atoms with E-state index in [4.69, 9.17) is 0 Å². The van der Waals surface area contributed by atoms with E-state index in [0.29, 0.717) is 11.1 Å². The molecule has 0 aliphatic carbocycles. The van der Waals surface area contributed by atoms with E-state index in [1.165, 1.54) is 12.1 Å². The van der Waals surface area contributed by atoms with Crippen molar-refractivity contribution in [2.75, 3.05) is 26.2 Å². The Morgan fingerprint density at radius 2 is 1.94 bits per heavy atom. The van der Waals surface area contributed by atoms with Crippen molar-refractivity contribution in [2.45, 2.75) is 19.9 Å². The Morgan fingerprint density at radius 1 is 1.33 bits per heavy atom. The Bertz CT molecular complexity index is 408. The summed E-state index contributed by atoms with van der Waals surface area (Å²) in [6.07, 6.45) is 0. The zero-order valence-electron chi connectivity index (χ0n) is 10.7. The van der Waals surface area contributed by atoms with Gasteiger partial charge in [0.05, 0.1) is 0 Å². The summed E-state index contributed by atoms with van der Waals surface area (Å²) >= 11 is 0. The Balaban J connectivity index is 0.00000162. The first kappa shape index (κ1) is 15.2. The summed E-state index contributed by atoms with van der Waals surface area (Å²) in [5, 5.41) is 13.3. The largest absolute Gasteiger partial charge is 0.507 e. The number of phenols is 1. The van der Waals surface area contributed by atoms with Crippen LogP contribution in [0.1, 0.15) is 24.1 Å². The van der Waals surface area contributed by atoms with Crippen LogP contribution in [-0.2, 0) is 0 Å². The van der Waals surface area contributed by atoms with E-state index in [0.717, 1.165) is 26.2 Å². The molecule has 0 saturated carbocycles. The SMILES string of the molecule is Cc1cc(F)cc([C@H](C)N2CCNCC2)c1O.Cl. The molecule has 0 amide bonds. The highest BCUT2D eigenvalue weighted by atomic mass is 35.5. The van der Waals surface area contributed by atoms with Gasteiger partial charge in [-0.15, -0.1) is 12.4 Å². The molecule has 2 rings (SSSR count). The topological polar surface area (TPSA) is 35.5 Å². The minimum Gasteiger partial charge on any atom is -0.507 e. The van der Waals surface area contributed by atoms with E-state index >= 15 is 0 Å². The van der Waals surface area contributed by atoms with Crippen LogP contribution in [0.4, 0.5) is 4.39 Å². The van der Waals surface area contributed by atoms with Crippen molar-refractivity contribution in [1.29, 1.82) is 0 Å². The van der Waals surface area contributed by atoms with Gasteiger partial charge in [0.2, 0.25) is 0 Å². The maximum Gasteiger partial charge on any atom is 0.124 e. The number of nitrogens with one attached hydrogen (secondary N) is 1. The lowest BCUT2D eigenvalue weighted by Gasteiger charge is -2.33. The lowest BCUT2D eigenvalue weighted by atomic mass is 10.0. The normalized spacial score (nSPS) is 18.2. The van der Waals surface area contributed by atoms with Crippen molar-refractivity contribution in [1.82, 2.24) is 10.2 Å². The lowest BCUT2D eigenvalue weighted by Crippen LogP contribution is -2.44. The second kappa shape index (κ2) is 6.36. The van der Waals surface area contributed by atoms with Crippen molar-refractivity contribution < 1.29 is 9.50 Å². The molecule has 1 aliphatic heterocycles. The Kier molecular flexibility index (Phi) is 5.38. The summed E-state index contributed by atoms with van der Waals surface area (Å²) in [7, 11) is 0. The van der Waals surface area contributed by atoms with Gasteiger partial charge in [-0.05, 0) is 31.5 Å². The standard InChI is InChI=1S/C13H19FN2O.ClH/c1-9-7-11(14)8-12(13(9)17)10(2)16-5-3-15-4-6-16;/h7-8,10,15,17H,3-6H2,1-2H3;1H/t10-;/m0./s1. The van der Waals surface area contributed by atoms with Crippen LogP contribution in [0.2, 0.25) is 0 Å². The van der Waals surface area contributed by atoms with Crippen molar-refractivity contribution in [3.8, 4) is 5.75 Å². The van der Waals surface area contributed by atoms with E-state index in [2.05, 4.69) is 10.2 Å². The molecule has 1 atom stereocenters. The van der Waals surface area contributed by atoms with Gasteiger partial charge in [-0.25, -0.2) is 4.39 Å². The number of nitrogens with zero attached hydrogens (tertiary/aromatic N) is 1. The Morgan fingerprint density at radius 3 is 2.56 bits per heavy atom. The molecule has 1 heterocycles. The van der Waals surface area contributed by atoms with E-state index in [1.54, 1.807) is 6.92 Å². The predicted molar refractivity (Wildman–Crippen MR) is 72.9 cm³/mol. The molecule has 1 aromatic rings. The molecular weight excluding hydrogens is 255 g/mol. The Labute approximate surface area is 113 Å². The smallest absolute Gasteiger partial charge is 0.124 e. The number of piperazine rings is 1. The molecule has 3 nitrogen and oxygen atoms in total. The van der Waals surface area contributed by atoms with E-state index in [9.17, 15) is 9.50 Å². The van der Waals surface area contributed by atoms with Gasteiger partial charge in [0.1, 0.15) is 11.6 Å². The number of benzene rings is 1. The first-order chi connectivity index (χ1) is 8.09. The molecule has 0 aromatic heterocycles. The summed E-state index contributed by atoms with van der Waals surface area (Å²) in [5.41, 5.74) is 1.28. The molecule has 5 heteroatoms. The van der Waals surface area contributed by atoms with Crippen molar-refractivity contribution >= 4 is 12.4 Å². The predicted octanol–water partition coefficient (Wildman–Crippen LogP) is 2.23. The molecule has 1 saturated heterocycles. The number of hydrogen-bond donors (Lipinski definition) is 2. The van der Waals surface area contributed by atoms with Crippen LogP contribution in [-0.4, -0.2) is 36.2 Å². The van der Waals surface area contributed by atoms with Gasteiger partial charge < -0.3 is 10.4 Å². The third-order valence-electron chi connectivity index (χ3n) is 3.44. The first-order valence-electron chi connectivity index (χ1n) is 6.03. The number of hydrogen-bond acceptors (Lipinski definition) is 3. The molecule has 0 unspecified atom stereocenters. The quantitative estimate of drug-likeness (QED) is 0.868. The summed E-state index contributed by atoms with van der Waals surface area (Å²) in [5.74, 6) is -0.0604. The highest BCUT2D eigenvalue weighted by molar-refractivity contribution is 5.85. The second-order valence-corrected chi connectivity index (χ2v) is 4.62. The zero-order valence-corrected chi connectivity index (χ0v) is 11.6. The van der Waals surface area contributed by atoms with Gasteiger partial charge in [0, 0.05) is 37.8 Å². The third kappa shape index (κ3) is 3.13. The fourth-order valence-corrected chi connectivity index (χ4v) is 2.35. The molecule has 102 valence electrons. The molecule has 2 N–H and O–H groups in total. The van der Waals surface area contributed by atoms with E-state index in [1.807, 2.05) is 6.92 Å². The summed E-state index contributed by atoms with van der Waals surface area (Å²) < 4.78 is 13.4. The Hall–Kier alpha value is -0.840. The molecule has 18 heavy (non-hydrogen) atoms. The minimum absolute atomic E-state index is 0. The van der Waals surface area contributed by atoms with Crippen molar-refractivity contribution in [3.05, 3.63) is 29.1 Å². The van der Waals surface area contributed by atoms with Crippen LogP contribution in [0.3, 0.4) is 0 Å². The highest BCUT2D eigenvalue weighted by Crippen LogP contribution is 2.31. The van der Waals surface area contributed by atoms with Crippen molar-refractivity contribution in [3.63, 3.8) is 0 Å². The van der Waals surface area contributed by atoms with Gasteiger partial charge in [-0.2, -0.15) is 0 Å². The maximum atomic E-state index is 13.4. The van der Waals surface area contributed by atoms with E-state index < -0.39 is 0 Å². The third-order valence-corrected chi connectivity index (χ3v) is 3.44. The monoisotopic (exact) mass is 274 g/mol. The van der Waals surface area contributed by atoms with E-state index in [-0.39, 0.29) is 30.0 Å². The van der Waals surface area contributed by atoms with Gasteiger partial charge in [0.15, 0.2) is 0 Å². The van der Waals surface area contributed by atoms with Crippen LogP contribution in [0.5, 0.6) is 5.75 Å². The minimum atomic E-state index is -0.280. The first-order valence-corrected chi connectivity index (χ1v) is 6.03.